The summed E-state index contributed by atoms with van der Waals surface area (Å²) in [5.41, 5.74) is 2.14. The number of nitrogens with zero attached hydrogens (tertiary/aromatic N) is 4. The molecule has 5 rings (SSSR count). The van der Waals surface area contributed by atoms with Crippen molar-refractivity contribution in [2.45, 2.75) is 4.90 Å². The lowest BCUT2D eigenvalue weighted by Gasteiger charge is -2.34. The Kier molecular flexibility index (Phi) is 4.42. The number of hydrogen-bond acceptors (Lipinski definition) is 6. The molecule has 0 radical (unpaired) electrons. The van der Waals surface area contributed by atoms with Crippen LogP contribution in [0.15, 0.2) is 64.2 Å². The van der Waals surface area contributed by atoms with Crippen molar-refractivity contribution in [1.29, 1.82) is 0 Å². The molecular formula is C20H17ClN4O3S. The summed E-state index contributed by atoms with van der Waals surface area (Å²) in [6.07, 6.45) is 1.52. The maximum Gasteiger partial charge on any atom is 0.243 e. The fourth-order valence-corrected chi connectivity index (χ4v) is 5.38. The molecule has 1 fully saturated rings. The summed E-state index contributed by atoms with van der Waals surface area (Å²) >= 11 is 5.97. The Hall–Kier alpha value is -2.68. The van der Waals surface area contributed by atoms with E-state index in [2.05, 4.69) is 9.97 Å². The number of aromatic nitrogens is 2. The average molecular weight is 429 g/mol. The van der Waals surface area contributed by atoms with E-state index in [1.165, 1.54) is 16.7 Å². The van der Waals surface area contributed by atoms with E-state index in [1.807, 2.05) is 29.2 Å². The molecule has 0 spiro atoms. The first-order chi connectivity index (χ1) is 14.0. The van der Waals surface area contributed by atoms with Gasteiger partial charge in [-0.1, -0.05) is 29.8 Å². The fraction of sp³-hybridized carbons (Fsp3) is 0.200. The highest BCUT2D eigenvalue weighted by atomic mass is 35.5. The fourth-order valence-electron chi connectivity index (χ4n) is 3.65. The Morgan fingerprint density at radius 1 is 0.966 bits per heavy atom. The number of halogens is 1. The number of benzene rings is 2. The minimum absolute atomic E-state index is 0.208. The quantitative estimate of drug-likeness (QED) is 0.496. The first-order valence-corrected chi connectivity index (χ1v) is 11.0. The van der Waals surface area contributed by atoms with Crippen molar-refractivity contribution in [3.63, 3.8) is 0 Å². The van der Waals surface area contributed by atoms with Gasteiger partial charge in [-0.05, 0) is 30.3 Å². The first-order valence-electron chi connectivity index (χ1n) is 9.17. The smallest absolute Gasteiger partial charge is 0.243 e. The van der Waals surface area contributed by atoms with Gasteiger partial charge in [-0.3, -0.25) is 0 Å². The topological polar surface area (TPSA) is 79.5 Å². The van der Waals surface area contributed by atoms with Crippen molar-refractivity contribution >= 4 is 49.5 Å². The minimum atomic E-state index is -3.59. The standard InChI is InChI=1S/C20H17ClN4O3S/c21-14-4-3-5-15(12-14)29(26,27)25-10-8-24(9-11-25)20-19-18(22-13-23-20)16-6-1-2-7-17(16)28-19/h1-7,12-13H,8-11H2. The molecular weight excluding hydrogens is 412 g/mol. The monoisotopic (exact) mass is 428 g/mol. The van der Waals surface area contributed by atoms with Crippen molar-refractivity contribution in [2.24, 2.45) is 0 Å². The lowest BCUT2D eigenvalue weighted by Crippen LogP contribution is -2.49. The summed E-state index contributed by atoms with van der Waals surface area (Å²) in [7, 11) is -3.59. The van der Waals surface area contributed by atoms with Crippen LogP contribution in [-0.4, -0.2) is 48.9 Å². The Bertz CT molecular complexity index is 1310. The summed E-state index contributed by atoms with van der Waals surface area (Å²) in [5.74, 6) is 0.686. The van der Waals surface area contributed by atoms with Crippen LogP contribution in [0.2, 0.25) is 5.02 Å². The van der Waals surface area contributed by atoms with E-state index in [4.69, 9.17) is 16.0 Å². The van der Waals surface area contributed by atoms with E-state index in [0.29, 0.717) is 42.6 Å². The van der Waals surface area contributed by atoms with Gasteiger partial charge in [0.2, 0.25) is 10.0 Å². The molecule has 0 bridgehead atoms. The van der Waals surface area contributed by atoms with Gasteiger partial charge < -0.3 is 9.32 Å². The predicted molar refractivity (Wildman–Crippen MR) is 112 cm³/mol. The Morgan fingerprint density at radius 3 is 2.55 bits per heavy atom. The summed E-state index contributed by atoms with van der Waals surface area (Å²) in [5, 5.41) is 1.34. The molecule has 0 unspecified atom stereocenters. The largest absolute Gasteiger partial charge is 0.450 e. The second kappa shape index (κ2) is 6.98. The van der Waals surface area contributed by atoms with E-state index in [-0.39, 0.29) is 4.90 Å². The van der Waals surface area contributed by atoms with Crippen molar-refractivity contribution < 1.29 is 12.8 Å². The van der Waals surface area contributed by atoms with Crippen LogP contribution in [0.25, 0.3) is 22.1 Å². The molecule has 9 heteroatoms. The third-order valence-electron chi connectivity index (χ3n) is 5.11. The van der Waals surface area contributed by atoms with E-state index >= 15 is 0 Å². The molecule has 0 N–H and O–H groups in total. The highest BCUT2D eigenvalue weighted by molar-refractivity contribution is 7.89. The summed E-state index contributed by atoms with van der Waals surface area (Å²) in [6, 6.07) is 14.1. The first kappa shape index (κ1) is 18.4. The number of rotatable bonds is 3. The zero-order valence-corrected chi connectivity index (χ0v) is 16.9. The third-order valence-corrected chi connectivity index (χ3v) is 7.24. The third kappa shape index (κ3) is 3.13. The van der Waals surface area contributed by atoms with Crippen LogP contribution < -0.4 is 4.90 Å². The van der Waals surface area contributed by atoms with Gasteiger partial charge in [0.1, 0.15) is 17.4 Å². The van der Waals surface area contributed by atoms with Crippen LogP contribution in [0.5, 0.6) is 0 Å². The molecule has 4 aromatic rings. The van der Waals surface area contributed by atoms with Crippen molar-refractivity contribution in [2.75, 3.05) is 31.1 Å². The summed E-state index contributed by atoms with van der Waals surface area (Å²) < 4.78 is 33.3. The van der Waals surface area contributed by atoms with E-state index < -0.39 is 10.0 Å². The van der Waals surface area contributed by atoms with Gasteiger partial charge in [-0.2, -0.15) is 4.31 Å². The van der Waals surface area contributed by atoms with Gasteiger partial charge in [0.05, 0.1) is 4.90 Å². The molecule has 1 aliphatic heterocycles. The number of hydrogen-bond donors (Lipinski definition) is 0. The Balaban J connectivity index is 1.42. The summed E-state index contributed by atoms with van der Waals surface area (Å²) in [4.78, 5) is 11.0. The predicted octanol–water partition coefficient (Wildman–Crippen LogP) is 3.54. The van der Waals surface area contributed by atoms with Gasteiger partial charge in [-0.25, -0.2) is 18.4 Å². The zero-order valence-electron chi connectivity index (χ0n) is 15.3. The molecule has 0 amide bonds. The van der Waals surface area contributed by atoms with Crippen molar-refractivity contribution in [3.05, 3.63) is 59.9 Å². The lowest BCUT2D eigenvalue weighted by molar-refractivity contribution is 0.383. The van der Waals surface area contributed by atoms with E-state index in [9.17, 15) is 8.42 Å². The van der Waals surface area contributed by atoms with Crippen LogP contribution in [0, 0.1) is 0 Å². The SMILES string of the molecule is O=S(=O)(c1cccc(Cl)c1)N1CCN(c2ncnc3c2oc2ccccc23)CC1. The minimum Gasteiger partial charge on any atom is -0.450 e. The second-order valence-electron chi connectivity index (χ2n) is 6.82. The zero-order chi connectivity index (χ0) is 20.0. The highest BCUT2D eigenvalue weighted by Gasteiger charge is 2.30. The van der Waals surface area contributed by atoms with Gasteiger partial charge in [0.15, 0.2) is 11.4 Å². The number of furan rings is 1. The molecule has 0 aliphatic carbocycles. The number of fused-ring (bicyclic) bond motifs is 3. The molecule has 148 valence electrons. The van der Waals surface area contributed by atoms with Gasteiger partial charge in [0.25, 0.3) is 0 Å². The maximum absolute atomic E-state index is 12.9. The molecule has 1 aliphatic rings. The Labute approximate surface area is 172 Å². The molecule has 0 saturated carbocycles. The number of para-hydroxylation sites is 1. The highest BCUT2D eigenvalue weighted by Crippen LogP contribution is 2.32. The van der Waals surface area contributed by atoms with E-state index in [0.717, 1.165) is 16.5 Å². The molecule has 0 atom stereocenters. The second-order valence-corrected chi connectivity index (χ2v) is 9.20. The van der Waals surface area contributed by atoms with Crippen LogP contribution in [0.1, 0.15) is 0 Å². The molecule has 2 aromatic heterocycles. The van der Waals surface area contributed by atoms with E-state index in [1.54, 1.807) is 18.2 Å². The van der Waals surface area contributed by atoms with Crippen molar-refractivity contribution in [3.8, 4) is 0 Å². The van der Waals surface area contributed by atoms with Gasteiger partial charge in [-0.15, -0.1) is 0 Å². The van der Waals surface area contributed by atoms with Crippen molar-refractivity contribution in [1.82, 2.24) is 14.3 Å². The van der Waals surface area contributed by atoms with Gasteiger partial charge >= 0.3 is 0 Å². The van der Waals surface area contributed by atoms with Crippen LogP contribution in [-0.2, 0) is 10.0 Å². The number of piperazine rings is 1. The molecule has 1 saturated heterocycles. The normalized spacial score (nSPS) is 16.0. The number of sulfonamides is 1. The lowest BCUT2D eigenvalue weighted by atomic mass is 10.2. The maximum atomic E-state index is 12.9. The summed E-state index contributed by atoms with van der Waals surface area (Å²) in [6.45, 7) is 1.70. The molecule has 3 heterocycles. The Morgan fingerprint density at radius 2 is 1.76 bits per heavy atom. The molecule has 7 nitrogen and oxygen atoms in total. The number of anilines is 1. The van der Waals surface area contributed by atoms with Gasteiger partial charge in [0, 0.05) is 36.6 Å². The van der Waals surface area contributed by atoms with Crippen LogP contribution >= 0.6 is 11.6 Å². The van der Waals surface area contributed by atoms with Crippen LogP contribution in [0.3, 0.4) is 0 Å². The molecule has 2 aromatic carbocycles. The van der Waals surface area contributed by atoms with Crippen LogP contribution in [0.4, 0.5) is 5.82 Å². The average Bonchev–Trinajstić information content (AvgIpc) is 3.13. The molecule has 29 heavy (non-hydrogen) atoms.